The van der Waals surface area contributed by atoms with Crippen molar-refractivity contribution in [3.8, 4) is 5.75 Å². The summed E-state index contributed by atoms with van der Waals surface area (Å²) in [6.07, 6.45) is 3.13. The van der Waals surface area contributed by atoms with Gasteiger partial charge in [-0.2, -0.15) is 19.3 Å². The number of aromatic nitrogens is 4. The highest BCUT2D eigenvalue weighted by Crippen LogP contribution is 2.31. The van der Waals surface area contributed by atoms with E-state index in [0.29, 0.717) is 24.2 Å². The SMILES string of the molecule is COc1ccc(S(=O)(=O)N(Cc2ccncc2)[C@@H](C(=O)NO)C2CCN(C(=O)OCCn3nc4ccccc4n3)CC2)cc1. The average molecular weight is 624 g/mol. The zero-order chi connectivity index (χ0) is 31.1. The van der Waals surface area contributed by atoms with Crippen molar-refractivity contribution in [2.24, 2.45) is 5.92 Å². The van der Waals surface area contributed by atoms with E-state index in [1.54, 1.807) is 17.6 Å². The number of amides is 2. The molecule has 2 aromatic carbocycles. The molecule has 1 fully saturated rings. The molecule has 14 nitrogen and oxygen atoms in total. The number of nitrogens with zero attached hydrogens (tertiary/aromatic N) is 6. The van der Waals surface area contributed by atoms with Crippen LogP contribution < -0.4 is 10.2 Å². The minimum atomic E-state index is -4.24. The smallest absolute Gasteiger partial charge is 0.409 e. The van der Waals surface area contributed by atoms with E-state index in [4.69, 9.17) is 9.47 Å². The van der Waals surface area contributed by atoms with Gasteiger partial charge in [0.2, 0.25) is 10.0 Å². The molecule has 1 aliphatic heterocycles. The Labute approximate surface area is 254 Å². The average Bonchev–Trinajstić information content (AvgIpc) is 3.48. The maximum absolute atomic E-state index is 14.0. The molecule has 2 aromatic heterocycles. The Bertz CT molecular complexity index is 1640. The number of rotatable bonds is 11. The number of ether oxygens (including phenoxy) is 2. The lowest BCUT2D eigenvalue weighted by atomic mass is 9.88. The van der Waals surface area contributed by atoms with Crippen molar-refractivity contribution in [1.29, 1.82) is 0 Å². The second kappa shape index (κ2) is 13.8. The van der Waals surface area contributed by atoms with Crippen molar-refractivity contribution in [2.45, 2.75) is 36.9 Å². The van der Waals surface area contributed by atoms with E-state index in [1.165, 1.54) is 53.5 Å². The molecule has 4 aromatic rings. The Morgan fingerprint density at radius 3 is 2.25 bits per heavy atom. The van der Waals surface area contributed by atoms with Gasteiger partial charge >= 0.3 is 6.09 Å². The number of hydroxylamine groups is 1. The van der Waals surface area contributed by atoms with E-state index < -0.39 is 34.0 Å². The van der Waals surface area contributed by atoms with E-state index in [9.17, 15) is 23.2 Å². The normalized spacial score (nSPS) is 14.8. The Balaban J connectivity index is 1.29. The molecule has 0 bridgehead atoms. The molecule has 232 valence electrons. The zero-order valence-corrected chi connectivity index (χ0v) is 24.8. The summed E-state index contributed by atoms with van der Waals surface area (Å²) in [5.74, 6) is -0.902. The lowest BCUT2D eigenvalue weighted by Gasteiger charge is -2.39. The van der Waals surface area contributed by atoms with Crippen LogP contribution in [0.4, 0.5) is 4.79 Å². The van der Waals surface area contributed by atoms with Crippen LogP contribution in [-0.2, 0) is 32.6 Å². The fraction of sp³-hybridized carbons (Fsp3) is 0.345. The van der Waals surface area contributed by atoms with E-state index in [2.05, 4.69) is 15.2 Å². The summed E-state index contributed by atoms with van der Waals surface area (Å²) < 4.78 is 39.7. The summed E-state index contributed by atoms with van der Waals surface area (Å²) in [4.78, 5) is 32.9. The molecule has 0 saturated carbocycles. The highest BCUT2D eigenvalue weighted by atomic mass is 32.2. The lowest BCUT2D eigenvalue weighted by Crippen LogP contribution is -2.55. The maximum Gasteiger partial charge on any atom is 0.409 e. The number of fused-ring (bicyclic) bond motifs is 1. The molecule has 1 saturated heterocycles. The molecule has 1 aliphatic rings. The fourth-order valence-corrected chi connectivity index (χ4v) is 6.87. The molecule has 0 unspecified atom stereocenters. The van der Waals surface area contributed by atoms with Gasteiger partial charge in [0.25, 0.3) is 5.91 Å². The summed E-state index contributed by atoms with van der Waals surface area (Å²) in [6.45, 7) is 0.661. The van der Waals surface area contributed by atoms with E-state index in [-0.39, 0.29) is 37.7 Å². The number of hydrogen-bond acceptors (Lipinski definition) is 10. The van der Waals surface area contributed by atoms with Crippen LogP contribution in [-0.4, -0.2) is 87.7 Å². The van der Waals surface area contributed by atoms with Crippen LogP contribution in [0.2, 0.25) is 0 Å². The molecule has 1 atom stereocenters. The second-order valence-electron chi connectivity index (χ2n) is 10.2. The largest absolute Gasteiger partial charge is 0.497 e. The number of sulfonamides is 1. The van der Waals surface area contributed by atoms with Gasteiger partial charge in [-0.25, -0.2) is 18.7 Å². The van der Waals surface area contributed by atoms with Crippen molar-refractivity contribution in [3.05, 3.63) is 78.6 Å². The third-order valence-corrected chi connectivity index (χ3v) is 9.37. The van der Waals surface area contributed by atoms with Crippen LogP contribution >= 0.6 is 0 Å². The number of nitrogens with one attached hydrogen (secondary N) is 1. The Kier molecular flexibility index (Phi) is 9.67. The van der Waals surface area contributed by atoms with Crippen LogP contribution in [0.15, 0.2) is 78.0 Å². The number of methoxy groups -OCH3 is 1. The summed E-state index contributed by atoms with van der Waals surface area (Å²) >= 11 is 0. The first-order valence-electron chi connectivity index (χ1n) is 14.0. The third-order valence-electron chi connectivity index (χ3n) is 7.53. The van der Waals surface area contributed by atoms with Crippen LogP contribution in [0, 0.1) is 5.92 Å². The van der Waals surface area contributed by atoms with Gasteiger partial charge < -0.3 is 14.4 Å². The van der Waals surface area contributed by atoms with Gasteiger partial charge in [-0.1, -0.05) is 12.1 Å². The molecule has 5 rings (SSSR count). The van der Waals surface area contributed by atoms with Gasteiger partial charge in [0.15, 0.2) is 0 Å². The first kappa shape index (κ1) is 30.8. The van der Waals surface area contributed by atoms with Crippen molar-refractivity contribution < 1.29 is 32.7 Å². The maximum atomic E-state index is 14.0. The zero-order valence-electron chi connectivity index (χ0n) is 24.0. The number of pyridine rings is 1. The van der Waals surface area contributed by atoms with Crippen molar-refractivity contribution in [3.63, 3.8) is 0 Å². The van der Waals surface area contributed by atoms with Gasteiger partial charge in [-0.3, -0.25) is 15.0 Å². The number of hydrogen-bond donors (Lipinski definition) is 2. The van der Waals surface area contributed by atoms with Crippen molar-refractivity contribution >= 4 is 33.1 Å². The summed E-state index contributed by atoms with van der Waals surface area (Å²) in [5.41, 5.74) is 3.76. The first-order chi connectivity index (χ1) is 21.3. The second-order valence-corrected chi connectivity index (χ2v) is 12.1. The Morgan fingerprint density at radius 2 is 1.66 bits per heavy atom. The molecule has 2 amide bonds. The summed E-state index contributed by atoms with van der Waals surface area (Å²) in [5, 5.41) is 18.4. The predicted octanol–water partition coefficient (Wildman–Crippen LogP) is 2.45. The third kappa shape index (κ3) is 6.96. The molecular formula is C29H33N7O7S. The number of carbonyl (C=O) groups is 2. The number of carbonyl (C=O) groups excluding carboxylic acids is 2. The molecule has 3 heterocycles. The van der Waals surface area contributed by atoms with E-state index in [1.807, 2.05) is 24.3 Å². The van der Waals surface area contributed by atoms with E-state index >= 15 is 0 Å². The monoisotopic (exact) mass is 623 g/mol. The van der Waals surface area contributed by atoms with Crippen molar-refractivity contribution in [2.75, 3.05) is 26.8 Å². The summed E-state index contributed by atoms with van der Waals surface area (Å²) in [7, 11) is -2.77. The van der Waals surface area contributed by atoms with Crippen molar-refractivity contribution in [1.82, 2.24) is 34.7 Å². The minimum Gasteiger partial charge on any atom is -0.497 e. The van der Waals surface area contributed by atoms with Crippen LogP contribution in [0.25, 0.3) is 11.0 Å². The van der Waals surface area contributed by atoms with Crippen LogP contribution in [0.1, 0.15) is 18.4 Å². The molecule has 0 aliphatic carbocycles. The number of benzene rings is 2. The lowest BCUT2D eigenvalue weighted by molar-refractivity contribution is -0.135. The minimum absolute atomic E-state index is 0.0383. The van der Waals surface area contributed by atoms with Crippen LogP contribution in [0.3, 0.4) is 0 Å². The predicted molar refractivity (Wildman–Crippen MR) is 157 cm³/mol. The molecular weight excluding hydrogens is 590 g/mol. The molecule has 15 heteroatoms. The topological polar surface area (TPSA) is 169 Å². The summed E-state index contributed by atoms with van der Waals surface area (Å²) in [6, 6.07) is 15.3. The molecule has 0 spiro atoms. The van der Waals surface area contributed by atoms with Gasteiger partial charge in [0, 0.05) is 32.0 Å². The highest BCUT2D eigenvalue weighted by molar-refractivity contribution is 7.89. The Hall–Kier alpha value is -4.60. The molecule has 44 heavy (non-hydrogen) atoms. The van der Waals surface area contributed by atoms with Gasteiger partial charge in [0.05, 0.1) is 18.6 Å². The molecule has 0 radical (unpaired) electrons. The van der Waals surface area contributed by atoms with Crippen LogP contribution in [0.5, 0.6) is 5.75 Å². The first-order valence-corrected chi connectivity index (χ1v) is 15.4. The van der Waals surface area contributed by atoms with Gasteiger partial charge in [-0.15, -0.1) is 0 Å². The highest BCUT2D eigenvalue weighted by Gasteiger charge is 2.42. The molecule has 2 N–H and O–H groups in total. The van der Waals surface area contributed by atoms with E-state index in [0.717, 1.165) is 15.3 Å². The van der Waals surface area contributed by atoms with Gasteiger partial charge in [0.1, 0.15) is 29.4 Å². The Morgan fingerprint density at radius 1 is 1.02 bits per heavy atom. The standard InChI is InChI=1S/C29H33N7O7S/c1-42-23-6-8-24(9-7-23)44(40,41)35(20-21-10-14-30-15-11-21)27(28(37)33-39)22-12-16-34(17-13-22)29(38)43-19-18-36-31-25-4-2-3-5-26(25)32-36/h2-11,14-15,22,27,39H,12-13,16-20H2,1H3,(H,33,37)/t27-/m1/s1. The fourth-order valence-electron chi connectivity index (χ4n) is 5.24. The van der Waals surface area contributed by atoms with Gasteiger partial charge in [-0.05, 0) is 72.9 Å². The number of piperidine rings is 1. The number of likely N-dealkylation sites (tertiary alicyclic amines) is 1. The quantitative estimate of drug-likeness (QED) is 0.187.